The van der Waals surface area contributed by atoms with Gasteiger partial charge in [0.15, 0.2) is 5.82 Å². The molecular formula is C11H14F3N3O. The van der Waals surface area contributed by atoms with Gasteiger partial charge in [-0.15, -0.1) is 0 Å². The normalized spacial score (nSPS) is 15.6. The predicted octanol–water partition coefficient (Wildman–Crippen LogP) is 1.51. The molecule has 1 aliphatic rings. The van der Waals surface area contributed by atoms with E-state index < -0.39 is 12.8 Å². The van der Waals surface area contributed by atoms with Crippen LogP contribution in [0.2, 0.25) is 0 Å². The molecule has 1 aliphatic heterocycles. The molecule has 2 rings (SSSR count). The van der Waals surface area contributed by atoms with Gasteiger partial charge in [-0.05, 0) is 6.92 Å². The summed E-state index contributed by atoms with van der Waals surface area (Å²) in [6.45, 7) is 1.90. The minimum atomic E-state index is -4.31. The van der Waals surface area contributed by atoms with Crippen molar-refractivity contribution < 1.29 is 17.9 Å². The molecule has 0 spiro atoms. The van der Waals surface area contributed by atoms with E-state index in [1.807, 2.05) is 6.92 Å². The van der Waals surface area contributed by atoms with Gasteiger partial charge >= 0.3 is 6.18 Å². The molecule has 1 aromatic heterocycles. The van der Waals surface area contributed by atoms with Gasteiger partial charge in [0, 0.05) is 30.8 Å². The Kier molecular flexibility index (Phi) is 3.82. The lowest BCUT2D eigenvalue weighted by atomic mass is 10.1. The summed E-state index contributed by atoms with van der Waals surface area (Å²) in [5.41, 5.74) is 2.76. The van der Waals surface area contributed by atoms with Gasteiger partial charge in [-0.25, -0.2) is 9.97 Å². The molecule has 1 N–H and O–H groups in total. The van der Waals surface area contributed by atoms with E-state index in [1.54, 1.807) is 0 Å². The van der Waals surface area contributed by atoms with Crippen molar-refractivity contribution in [3.63, 3.8) is 0 Å². The Morgan fingerprint density at radius 1 is 1.33 bits per heavy atom. The summed E-state index contributed by atoms with van der Waals surface area (Å²) in [6, 6.07) is 0. The molecule has 0 radical (unpaired) electrons. The van der Waals surface area contributed by atoms with Crippen molar-refractivity contribution in [2.24, 2.45) is 0 Å². The van der Waals surface area contributed by atoms with Crippen LogP contribution in [0.3, 0.4) is 0 Å². The van der Waals surface area contributed by atoms with E-state index >= 15 is 0 Å². The van der Waals surface area contributed by atoms with Crippen molar-refractivity contribution in [1.82, 2.24) is 15.3 Å². The predicted molar refractivity (Wildman–Crippen MR) is 57.9 cm³/mol. The van der Waals surface area contributed by atoms with Crippen LogP contribution in [-0.4, -0.2) is 29.3 Å². The van der Waals surface area contributed by atoms with Crippen LogP contribution in [-0.2, 0) is 24.3 Å². The average Bonchev–Trinajstić information content (AvgIpc) is 2.27. The molecule has 0 saturated carbocycles. The largest absolute Gasteiger partial charge is 0.411 e. The fourth-order valence-electron chi connectivity index (χ4n) is 1.90. The number of rotatable bonds is 3. The zero-order valence-electron chi connectivity index (χ0n) is 9.97. The third-order valence-corrected chi connectivity index (χ3v) is 2.68. The fourth-order valence-corrected chi connectivity index (χ4v) is 1.90. The van der Waals surface area contributed by atoms with Gasteiger partial charge in [0.25, 0.3) is 0 Å². The Morgan fingerprint density at radius 2 is 2.11 bits per heavy atom. The van der Waals surface area contributed by atoms with Gasteiger partial charge in [-0.2, -0.15) is 13.2 Å². The number of alkyl halides is 3. The number of aromatic nitrogens is 2. The second-order valence-electron chi connectivity index (χ2n) is 4.19. The first-order valence-corrected chi connectivity index (χ1v) is 5.66. The molecule has 0 saturated heterocycles. The van der Waals surface area contributed by atoms with Gasteiger partial charge in [0.05, 0.1) is 5.69 Å². The van der Waals surface area contributed by atoms with Crippen LogP contribution in [0.4, 0.5) is 13.2 Å². The molecule has 1 aromatic rings. The van der Waals surface area contributed by atoms with Crippen LogP contribution in [0.15, 0.2) is 0 Å². The lowest BCUT2D eigenvalue weighted by molar-refractivity contribution is -0.177. The van der Waals surface area contributed by atoms with Gasteiger partial charge < -0.3 is 10.1 Å². The van der Waals surface area contributed by atoms with Crippen LogP contribution in [0.25, 0.3) is 0 Å². The molecule has 4 nitrogen and oxygen atoms in total. The summed E-state index contributed by atoms with van der Waals surface area (Å²) >= 11 is 0. The minimum absolute atomic E-state index is 0.207. The maximum Gasteiger partial charge on any atom is 0.411 e. The van der Waals surface area contributed by atoms with E-state index in [1.165, 1.54) is 0 Å². The number of ether oxygens (including phenoxy) is 1. The van der Waals surface area contributed by atoms with Crippen LogP contribution >= 0.6 is 0 Å². The maximum atomic E-state index is 11.9. The molecule has 0 atom stereocenters. The zero-order valence-corrected chi connectivity index (χ0v) is 9.97. The SMILES string of the molecule is Cc1nc(COCC(F)(F)F)nc2c1CNCC2. The first-order valence-electron chi connectivity index (χ1n) is 5.66. The molecule has 0 bridgehead atoms. The molecule has 0 unspecified atom stereocenters. The molecule has 0 aromatic carbocycles. The zero-order chi connectivity index (χ0) is 13.2. The Morgan fingerprint density at radius 3 is 2.83 bits per heavy atom. The number of hydrogen-bond donors (Lipinski definition) is 1. The minimum Gasteiger partial charge on any atom is -0.364 e. The Balaban J connectivity index is 2.03. The van der Waals surface area contributed by atoms with E-state index in [9.17, 15) is 13.2 Å². The van der Waals surface area contributed by atoms with Crippen molar-refractivity contribution in [2.75, 3.05) is 13.2 Å². The van der Waals surface area contributed by atoms with Crippen molar-refractivity contribution >= 4 is 0 Å². The summed E-state index contributed by atoms with van der Waals surface area (Å²) in [5.74, 6) is 0.317. The molecule has 7 heteroatoms. The van der Waals surface area contributed by atoms with Gasteiger partial charge in [0.2, 0.25) is 0 Å². The van der Waals surface area contributed by atoms with E-state index in [-0.39, 0.29) is 6.61 Å². The lowest BCUT2D eigenvalue weighted by Gasteiger charge is -2.18. The Labute approximate surface area is 103 Å². The summed E-state index contributed by atoms with van der Waals surface area (Å²) in [6.07, 6.45) is -3.54. The first kappa shape index (κ1) is 13.2. The number of aryl methyl sites for hydroxylation is 1. The number of hydrogen-bond acceptors (Lipinski definition) is 4. The van der Waals surface area contributed by atoms with E-state index in [0.717, 1.165) is 29.9 Å². The molecule has 100 valence electrons. The van der Waals surface area contributed by atoms with Gasteiger partial charge in [-0.1, -0.05) is 0 Å². The van der Waals surface area contributed by atoms with E-state index in [0.29, 0.717) is 12.4 Å². The highest BCUT2D eigenvalue weighted by Gasteiger charge is 2.27. The summed E-state index contributed by atoms with van der Waals surface area (Å²) in [5, 5.41) is 3.20. The highest BCUT2D eigenvalue weighted by atomic mass is 19.4. The van der Waals surface area contributed by atoms with Crippen molar-refractivity contribution in [3.05, 3.63) is 22.8 Å². The highest BCUT2D eigenvalue weighted by molar-refractivity contribution is 5.27. The molecule has 18 heavy (non-hydrogen) atoms. The van der Waals surface area contributed by atoms with Gasteiger partial charge in [0.1, 0.15) is 13.2 Å². The molecule has 0 amide bonds. The molecule has 0 fully saturated rings. The van der Waals surface area contributed by atoms with Crippen molar-refractivity contribution in [1.29, 1.82) is 0 Å². The summed E-state index contributed by atoms with van der Waals surface area (Å²) in [7, 11) is 0. The van der Waals surface area contributed by atoms with Crippen LogP contribution < -0.4 is 5.32 Å². The quantitative estimate of drug-likeness (QED) is 0.896. The lowest BCUT2D eigenvalue weighted by Crippen LogP contribution is -2.27. The standard InChI is InChI=1S/C11H14F3N3O/c1-7-8-4-15-3-2-9(8)17-10(16-7)5-18-6-11(12,13)14/h15H,2-6H2,1H3. The van der Waals surface area contributed by atoms with Crippen LogP contribution in [0.1, 0.15) is 22.8 Å². The third kappa shape index (κ3) is 3.39. The summed E-state index contributed by atoms with van der Waals surface area (Å²) in [4.78, 5) is 8.41. The number of nitrogens with zero attached hydrogens (tertiary/aromatic N) is 2. The molecule has 2 heterocycles. The van der Waals surface area contributed by atoms with Crippen molar-refractivity contribution in [2.45, 2.75) is 32.7 Å². The molecule has 0 aliphatic carbocycles. The van der Waals surface area contributed by atoms with Crippen LogP contribution in [0.5, 0.6) is 0 Å². The first-order chi connectivity index (χ1) is 8.46. The second-order valence-corrected chi connectivity index (χ2v) is 4.19. The van der Waals surface area contributed by atoms with Crippen molar-refractivity contribution in [3.8, 4) is 0 Å². The van der Waals surface area contributed by atoms with Gasteiger partial charge in [-0.3, -0.25) is 0 Å². The number of nitrogens with one attached hydrogen (secondary N) is 1. The maximum absolute atomic E-state index is 11.9. The van der Waals surface area contributed by atoms with E-state index in [4.69, 9.17) is 0 Å². The van der Waals surface area contributed by atoms with E-state index in [2.05, 4.69) is 20.0 Å². The monoisotopic (exact) mass is 261 g/mol. The third-order valence-electron chi connectivity index (χ3n) is 2.68. The topological polar surface area (TPSA) is 47.0 Å². The second kappa shape index (κ2) is 5.19. The average molecular weight is 261 g/mol. The number of halogens is 3. The Hall–Kier alpha value is -1.21. The van der Waals surface area contributed by atoms with Crippen LogP contribution in [0, 0.1) is 6.92 Å². The number of fused-ring (bicyclic) bond motifs is 1. The molecular weight excluding hydrogens is 247 g/mol. The summed E-state index contributed by atoms with van der Waals surface area (Å²) < 4.78 is 40.4. The highest BCUT2D eigenvalue weighted by Crippen LogP contribution is 2.17. The smallest absolute Gasteiger partial charge is 0.364 e. The Bertz CT molecular complexity index is 434. The fraction of sp³-hybridized carbons (Fsp3) is 0.636.